The van der Waals surface area contributed by atoms with Crippen molar-refractivity contribution in [1.82, 2.24) is 9.88 Å². The number of amides is 1. The summed E-state index contributed by atoms with van der Waals surface area (Å²) < 4.78 is 0. The number of anilines is 1. The van der Waals surface area contributed by atoms with Gasteiger partial charge in [0.1, 0.15) is 0 Å². The van der Waals surface area contributed by atoms with E-state index in [1.165, 1.54) is 0 Å². The molecular weight excluding hydrogens is 335 g/mol. The smallest absolute Gasteiger partial charge is 0.255 e. The van der Waals surface area contributed by atoms with Crippen molar-refractivity contribution in [3.63, 3.8) is 0 Å². The number of aromatic nitrogens is 1. The van der Waals surface area contributed by atoms with E-state index in [0.29, 0.717) is 17.8 Å². The molecule has 0 atom stereocenters. The van der Waals surface area contributed by atoms with Gasteiger partial charge in [0.15, 0.2) is 0 Å². The molecule has 0 fully saturated rings. The first-order chi connectivity index (χ1) is 10.1. The van der Waals surface area contributed by atoms with Crippen molar-refractivity contribution in [1.29, 1.82) is 0 Å². The lowest BCUT2D eigenvalue weighted by Gasteiger charge is -2.11. The average Bonchev–Trinajstić information content (AvgIpc) is 2.47. The molecule has 1 amide bonds. The number of halogens is 2. The lowest BCUT2D eigenvalue weighted by Crippen LogP contribution is -2.14. The Bertz CT molecular complexity index is 635. The summed E-state index contributed by atoms with van der Waals surface area (Å²) in [6.07, 6.45) is 1.60. The molecule has 3 N–H and O–H groups in total. The van der Waals surface area contributed by atoms with Gasteiger partial charge in [-0.15, -0.1) is 24.8 Å². The zero-order chi connectivity index (χ0) is 15.2. The standard InChI is InChI=1S/C16H20N4O.2ClH/c1-20(2)11-12-4-3-5-14(8-12)19-16(21)13-6-7-18-15(9-13)10-17;;/h3-9H,10-11,17H2,1-2H3,(H,19,21);2*1H. The number of hydrogen-bond acceptors (Lipinski definition) is 4. The van der Waals surface area contributed by atoms with E-state index in [2.05, 4.69) is 15.2 Å². The molecule has 0 unspecified atom stereocenters. The first kappa shape index (κ1) is 21.3. The second kappa shape index (κ2) is 10.2. The van der Waals surface area contributed by atoms with Crippen LogP contribution < -0.4 is 11.1 Å². The molecular formula is C16H22Cl2N4O. The van der Waals surface area contributed by atoms with Gasteiger partial charge in [-0.2, -0.15) is 0 Å². The first-order valence-corrected chi connectivity index (χ1v) is 6.78. The third kappa shape index (κ3) is 6.54. The molecule has 0 aliphatic rings. The van der Waals surface area contributed by atoms with Crippen LogP contribution in [0.2, 0.25) is 0 Å². The Balaban J connectivity index is 0.00000242. The van der Waals surface area contributed by atoms with Gasteiger partial charge in [0.25, 0.3) is 5.91 Å². The van der Waals surface area contributed by atoms with Crippen LogP contribution >= 0.6 is 24.8 Å². The number of nitrogens with two attached hydrogens (primary N) is 1. The quantitative estimate of drug-likeness (QED) is 0.863. The van der Waals surface area contributed by atoms with Crippen LogP contribution in [0.25, 0.3) is 0 Å². The van der Waals surface area contributed by atoms with Gasteiger partial charge >= 0.3 is 0 Å². The molecule has 2 aromatic rings. The molecule has 0 saturated heterocycles. The SMILES string of the molecule is CN(C)Cc1cccc(NC(=O)c2ccnc(CN)c2)c1.Cl.Cl. The van der Waals surface area contributed by atoms with E-state index >= 15 is 0 Å². The largest absolute Gasteiger partial charge is 0.325 e. The fourth-order valence-corrected chi connectivity index (χ4v) is 2.05. The second-order valence-corrected chi connectivity index (χ2v) is 5.13. The minimum Gasteiger partial charge on any atom is -0.325 e. The van der Waals surface area contributed by atoms with Gasteiger partial charge in [0.2, 0.25) is 0 Å². The van der Waals surface area contributed by atoms with E-state index in [-0.39, 0.29) is 30.7 Å². The molecule has 126 valence electrons. The van der Waals surface area contributed by atoms with Crippen LogP contribution in [0.15, 0.2) is 42.6 Å². The van der Waals surface area contributed by atoms with Crippen molar-refractivity contribution in [3.05, 3.63) is 59.4 Å². The number of benzene rings is 1. The zero-order valence-corrected chi connectivity index (χ0v) is 14.8. The molecule has 7 heteroatoms. The highest BCUT2D eigenvalue weighted by Gasteiger charge is 2.07. The van der Waals surface area contributed by atoms with Gasteiger partial charge in [0, 0.05) is 30.5 Å². The van der Waals surface area contributed by atoms with Crippen LogP contribution in [0.1, 0.15) is 21.6 Å². The monoisotopic (exact) mass is 356 g/mol. The molecule has 2 rings (SSSR count). The minimum atomic E-state index is -0.158. The van der Waals surface area contributed by atoms with Crippen molar-refractivity contribution in [3.8, 4) is 0 Å². The molecule has 1 aromatic heterocycles. The Morgan fingerprint density at radius 1 is 1.22 bits per heavy atom. The van der Waals surface area contributed by atoms with E-state index in [0.717, 1.165) is 17.8 Å². The lowest BCUT2D eigenvalue weighted by molar-refractivity contribution is 0.102. The van der Waals surface area contributed by atoms with E-state index in [1.54, 1.807) is 18.3 Å². The van der Waals surface area contributed by atoms with E-state index < -0.39 is 0 Å². The molecule has 0 radical (unpaired) electrons. The maximum absolute atomic E-state index is 12.2. The summed E-state index contributed by atoms with van der Waals surface area (Å²) in [5.41, 5.74) is 8.73. The van der Waals surface area contributed by atoms with E-state index in [4.69, 9.17) is 5.73 Å². The number of hydrogen-bond donors (Lipinski definition) is 2. The first-order valence-electron chi connectivity index (χ1n) is 6.78. The number of nitrogens with zero attached hydrogens (tertiary/aromatic N) is 2. The summed E-state index contributed by atoms with van der Waals surface area (Å²) in [5, 5.41) is 2.90. The molecule has 0 aliphatic carbocycles. The Hall–Kier alpha value is -1.66. The summed E-state index contributed by atoms with van der Waals surface area (Å²) in [4.78, 5) is 18.4. The molecule has 1 heterocycles. The summed E-state index contributed by atoms with van der Waals surface area (Å²) in [5.74, 6) is -0.158. The highest BCUT2D eigenvalue weighted by atomic mass is 35.5. The zero-order valence-electron chi connectivity index (χ0n) is 13.2. The Kier molecular flexibility index (Phi) is 9.44. The van der Waals surface area contributed by atoms with Crippen LogP contribution in [0, 0.1) is 0 Å². The van der Waals surface area contributed by atoms with Crippen LogP contribution in [0.5, 0.6) is 0 Å². The highest BCUT2D eigenvalue weighted by molar-refractivity contribution is 6.04. The van der Waals surface area contributed by atoms with E-state index in [1.807, 2.05) is 38.4 Å². The highest BCUT2D eigenvalue weighted by Crippen LogP contribution is 2.13. The van der Waals surface area contributed by atoms with Crippen LogP contribution in [-0.4, -0.2) is 29.9 Å². The summed E-state index contributed by atoms with van der Waals surface area (Å²) in [6, 6.07) is 11.2. The molecule has 0 aliphatic heterocycles. The molecule has 0 bridgehead atoms. The normalized spacial score (nSPS) is 9.74. The van der Waals surface area contributed by atoms with Gasteiger partial charge in [-0.3, -0.25) is 9.78 Å². The Labute approximate surface area is 149 Å². The topological polar surface area (TPSA) is 71.2 Å². The van der Waals surface area contributed by atoms with Crippen LogP contribution in [-0.2, 0) is 13.1 Å². The number of rotatable bonds is 5. The predicted molar refractivity (Wildman–Crippen MR) is 98.4 cm³/mol. The average molecular weight is 357 g/mol. The second-order valence-electron chi connectivity index (χ2n) is 5.13. The van der Waals surface area contributed by atoms with Crippen molar-refractivity contribution >= 4 is 36.4 Å². The number of carbonyl (C=O) groups is 1. The maximum atomic E-state index is 12.2. The van der Waals surface area contributed by atoms with Gasteiger partial charge in [-0.05, 0) is 43.9 Å². The molecule has 0 saturated carbocycles. The third-order valence-corrected chi connectivity index (χ3v) is 2.97. The van der Waals surface area contributed by atoms with Crippen molar-refractivity contribution in [2.45, 2.75) is 13.1 Å². The lowest BCUT2D eigenvalue weighted by atomic mass is 10.1. The Morgan fingerprint density at radius 2 is 1.96 bits per heavy atom. The number of pyridine rings is 1. The summed E-state index contributed by atoms with van der Waals surface area (Å²) in [6.45, 7) is 1.15. The van der Waals surface area contributed by atoms with Crippen molar-refractivity contribution in [2.75, 3.05) is 19.4 Å². The van der Waals surface area contributed by atoms with Gasteiger partial charge in [-0.1, -0.05) is 12.1 Å². The number of nitrogens with one attached hydrogen (secondary N) is 1. The predicted octanol–water partition coefficient (Wildman–Crippen LogP) is 2.70. The van der Waals surface area contributed by atoms with Gasteiger partial charge in [0.05, 0.1) is 5.69 Å². The van der Waals surface area contributed by atoms with Crippen LogP contribution in [0.3, 0.4) is 0 Å². The van der Waals surface area contributed by atoms with E-state index in [9.17, 15) is 4.79 Å². The molecule has 5 nitrogen and oxygen atoms in total. The molecule has 0 spiro atoms. The van der Waals surface area contributed by atoms with Gasteiger partial charge in [-0.25, -0.2) is 0 Å². The maximum Gasteiger partial charge on any atom is 0.255 e. The fraction of sp³-hybridized carbons (Fsp3) is 0.250. The third-order valence-electron chi connectivity index (χ3n) is 2.97. The molecule has 23 heavy (non-hydrogen) atoms. The van der Waals surface area contributed by atoms with Crippen molar-refractivity contribution in [2.24, 2.45) is 5.73 Å². The summed E-state index contributed by atoms with van der Waals surface area (Å²) >= 11 is 0. The van der Waals surface area contributed by atoms with Crippen molar-refractivity contribution < 1.29 is 4.79 Å². The minimum absolute atomic E-state index is 0. The summed E-state index contributed by atoms with van der Waals surface area (Å²) in [7, 11) is 4.02. The van der Waals surface area contributed by atoms with Crippen LogP contribution in [0.4, 0.5) is 5.69 Å². The number of carbonyl (C=O) groups excluding carboxylic acids is 1. The molecule has 1 aromatic carbocycles. The Morgan fingerprint density at radius 3 is 2.61 bits per heavy atom. The van der Waals surface area contributed by atoms with Gasteiger partial charge < -0.3 is 16.0 Å². The fourth-order valence-electron chi connectivity index (χ4n) is 2.05.